The Labute approximate surface area is 130 Å². The van der Waals surface area contributed by atoms with Crippen LogP contribution < -0.4 is 10.1 Å². The van der Waals surface area contributed by atoms with Crippen LogP contribution in [-0.2, 0) is 6.54 Å². The fourth-order valence-electron chi connectivity index (χ4n) is 1.91. The Bertz CT molecular complexity index is 717. The average Bonchev–Trinajstić information content (AvgIpc) is 2.46. The maximum atomic E-state index is 12.2. The van der Waals surface area contributed by atoms with Gasteiger partial charge in [0, 0.05) is 12.2 Å². The van der Waals surface area contributed by atoms with Crippen LogP contribution in [0.1, 0.15) is 27.3 Å². The van der Waals surface area contributed by atoms with E-state index in [1.165, 1.54) is 31.5 Å². The first-order valence-corrected chi connectivity index (χ1v) is 6.67. The molecule has 0 fully saturated rings. The highest BCUT2D eigenvalue weighted by Gasteiger charge is 2.31. The number of benzene rings is 1. The minimum atomic E-state index is -4.73. The standard InChI is InChI=1S/C15H14F3N3O2/c1-9-5-11(3-4-13(9)23-15(16,17)18)7-19-14(22)12-6-10(2)20-8-21-12/h3-6,8H,7H2,1-2H3,(H,19,22). The van der Waals surface area contributed by atoms with E-state index in [9.17, 15) is 18.0 Å². The molecule has 0 spiro atoms. The van der Waals surface area contributed by atoms with E-state index < -0.39 is 6.36 Å². The van der Waals surface area contributed by atoms with E-state index in [0.717, 1.165) is 0 Å². The number of aryl methyl sites for hydroxylation is 2. The average molecular weight is 325 g/mol. The summed E-state index contributed by atoms with van der Waals surface area (Å²) in [5.41, 5.74) is 1.86. The number of hydrogen-bond acceptors (Lipinski definition) is 4. The molecular weight excluding hydrogens is 311 g/mol. The second kappa shape index (κ2) is 6.64. The van der Waals surface area contributed by atoms with Gasteiger partial charge in [0.1, 0.15) is 17.8 Å². The van der Waals surface area contributed by atoms with Gasteiger partial charge in [-0.25, -0.2) is 9.97 Å². The highest BCUT2D eigenvalue weighted by Crippen LogP contribution is 2.26. The van der Waals surface area contributed by atoms with Gasteiger partial charge in [0.2, 0.25) is 0 Å². The number of rotatable bonds is 4. The zero-order chi connectivity index (χ0) is 17.0. The number of hydrogen-bond donors (Lipinski definition) is 1. The molecule has 0 atom stereocenters. The zero-order valence-electron chi connectivity index (χ0n) is 12.4. The predicted octanol–water partition coefficient (Wildman–Crippen LogP) is 2.92. The number of amides is 1. The molecule has 5 nitrogen and oxygen atoms in total. The van der Waals surface area contributed by atoms with Crippen LogP contribution in [0.25, 0.3) is 0 Å². The molecule has 1 heterocycles. The third kappa shape index (κ3) is 4.94. The number of alkyl halides is 3. The van der Waals surface area contributed by atoms with E-state index >= 15 is 0 Å². The van der Waals surface area contributed by atoms with Crippen molar-refractivity contribution in [1.29, 1.82) is 0 Å². The van der Waals surface area contributed by atoms with Gasteiger partial charge in [-0.1, -0.05) is 12.1 Å². The molecule has 122 valence electrons. The molecule has 2 rings (SSSR count). The fourth-order valence-corrected chi connectivity index (χ4v) is 1.91. The number of nitrogens with one attached hydrogen (secondary N) is 1. The summed E-state index contributed by atoms with van der Waals surface area (Å²) in [6, 6.07) is 5.74. The summed E-state index contributed by atoms with van der Waals surface area (Å²) >= 11 is 0. The summed E-state index contributed by atoms with van der Waals surface area (Å²) in [7, 11) is 0. The molecule has 1 amide bonds. The predicted molar refractivity (Wildman–Crippen MR) is 75.8 cm³/mol. The second-order valence-electron chi connectivity index (χ2n) is 4.87. The Morgan fingerprint density at radius 3 is 2.57 bits per heavy atom. The number of carbonyl (C=O) groups excluding carboxylic acids is 1. The van der Waals surface area contributed by atoms with Crippen LogP contribution in [0.3, 0.4) is 0 Å². The second-order valence-corrected chi connectivity index (χ2v) is 4.87. The Hall–Kier alpha value is -2.64. The lowest BCUT2D eigenvalue weighted by atomic mass is 10.1. The van der Waals surface area contributed by atoms with Crippen LogP contribution in [0.5, 0.6) is 5.75 Å². The lowest BCUT2D eigenvalue weighted by Crippen LogP contribution is -2.24. The van der Waals surface area contributed by atoms with E-state index in [4.69, 9.17) is 0 Å². The van der Waals surface area contributed by atoms with Crippen molar-refractivity contribution < 1.29 is 22.7 Å². The van der Waals surface area contributed by atoms with E-state index in [1.807, 2.05) is 0 Å². The van der Waals surface area contributed by atoms with Crippen molar-refractivity contribution in [1.82, 2.24) is 15.3 Å². The highest BCUT2D eigenvalue weighted by molar-refractivity contribution is 5.92. The maximum Gasteiger partial charge on any atom is 0.573 e. The van der Waals surface area contributed by atoms with Gasteiger partial charge in [-0.15, -0.1) is 13.2 Å². The topological polar surface area (TPSA) is 64.1 Å². The quantitative estimate of drug-likeness (QED) is 0.939. The van der Waals surface area contributed by atoms with Gasteiger partial charge in [-0.2, -0.15) is 0 Å². The first-order chi connectivity index (χ1) is 10.7. The molecule has 23 heavy (non-hydrogen) atoms. The molecule has 1 N–H and O–H groups in total. The Morgan fingerprint density at radius 2 is 1.96 bits per heavy atom. The van der Waals surface area contributed by atoms with Crippen molar-refractivity contribution >= 4 is 5.91 Å². The summed E-state index contributed by atoms with van der Waals surface area (Å²) in [5, 5.41) is 2.65. The molecule has 0 unspecified atom stereocenters. The number of nitrogens with zero attached hydrogens (tertiary/aromatic N) is 2. The third-order valence-corrected chi connectivity index (χ3v) is 2.95. The lowest BCUT2D eigenvalue weighted by molar-refractivity contribution is -0.274. The molecule has 1 aromatic heterocycles. The summed E-state index contributed by atoms with van der Waals surface area (Å²) in [6.45, 7) is 3.40. The van der Waals surface area contributed by atoms with Crippen molar-refractivity contribution in [2.75, 3.05) is 0 Å². The lowest BCUT2D eigenvalue weighted by Gasteiger charge is -2.12. The van der Waals surface area contributed by atoms with Gasteiger partial charge >= 0.3 is 6.36 Å². The Balaban J connectivity index is 2.01. The van der Waals surface area contributed by atoms with Gasteiger partial charge in [0.05, 0.1) is 0 Å². The van der Waals surface area contributed by atoms with E-state index in [2.05, 4.69) is 20.0 Å². The van der Waals surface area contributed by atoms with E-state index in [0.29, 0.717) is 16.8 Å². The van der Waals surface area contributed by atoms with Crippen LogP contribution in [0.2, 0.25) is 0 Å². The highest BCUT2D eigenvalue weighted by atomic mass is 19.4. The molecule has 8 heteroatoms. The summed E-state index contributed by atoms with van der Waals surface area (Å²) in [6.07, 6.45) is -3.44. The number of aromatic nitrogens is 2. The molecule has 0 aliphatic rings. The van der Waals surface area contributed by atoms with E-state index in [-0.39, 0.29) is 23.9 Å². The van der Waals surface area contributed by atoms with Crippen molar-refractivity contribution in [3.05, 3.63) is 53.1 Å². The maximum absolute atomic E-state index is 12.2. The largest absolute Gasteiger partial charge is 0.573 e. The monoisotopic (exact) mass is 325 g/mol. The SMILES string of the molecule is Cc1cc(C(=O)NCc2ccc(OC(F)(F)F)c(C)c2)ncn1. The molecule has 0 aliphatic heterocycles. The van der Waals surface area contributed by atoms with Gasteiger partial charge in [-0.05, 0) is 37.1 Å². The minimum absolute atomic E-state index is 0.162. The molecule has 2 aromatic rings. The molecular formula is C15H14F3N3O2. The molecule has 0 bridgehead atoms. The third-order valence-electron chi connectivity index (χ3n) is 2.95. The molecule has 0 saturated heterocycles. The van der Waals surface area contributed by atoms with Gasteiger partial charge in [-0.3, -0.25) is 4.79 Å². The molecule has 0 aliphatic carbocycles. The molecule has 1 aromatic carbocycles. The number of carbonyl (C=O) groups is 1. The summed E-state index contributed by atoms with van der Waals surface area (Å²) < 4.78 is 40.5. The first-order valence-electron chi connectivity index (χ1n) is 6.67. The van der Waals surface area contributed by atoms with Crippen LogP contribution in [0, 0.1) is 13.8 Å². The molecule has 0 radical (unpaired) electrons. The smallest absolute Gasteiger partial charge is 0.406 e. The number of halogens is 3. The van der Waals surface area contributed by atoms with Crippen LogP contribution in [-0.4, -0.2) is 22.2 Å². The van der Waals surface area contributed by atoms with Gasteiger partial charge in [0.15, 0.2) is 0 Å². The fraction of sp³-hybridized carbons (Fsp3) is 0.267. The summed E-state index contributed by atoms with van der Waals surface area (Å²) in [5.74, 6) is -0.650. The normalized spacial score (nSPS) is 11.2. The Morgan fingerprint density at radius 1 is 1.22 bits per heavy atom. The van der Waals surface area contributed by atoms with Gasteiger partial charge in [0.25, 0.3) is 5.91 Å². The van der Waals surface area contributed by atoms with Crippen molar-refractivity contribution in [3.8, 4) is 5.75 Å². The summed E-state index contributed by atoms with van der Waals surface area (Å²) in [4.78, 5) is 19.7. The first kappa shape index (κ1) is 16.7. The van der Waals surface area contributed by atoms with Crippen LogP contribution >= 0.6 is 0 Å². The molecule has 0 saturated carbocycles. The number of ether oxygens (including phenoxy) is 1. The van der Waals surface area contributed by atoms with Crippen molar-refractivity contribution in [3.63, 3.8) is 0 Å². The van der Waals surface area contributed by atoms with Crippen LogP contribution in [0.15, 0.2) is 30.6 Å². The zero-order valence-corrected chi connectivity index (χ0v) is 12.4. The van der Waals surface area contributed by atoms with E-state index in [1.54, 1.807) is 13.0 Å². The minimum Gasteiger partial charge on any atom is -0.406 e. The van der Waals surface area contributed by atoms with Gasteiger partial charge < -0.3 is 10.1 Å². The Kier molecular flexibility index (Phi) is 4.83. The van der Waals surface area contributed by atoms with Crippen molar-refractivity contribution in [2.24, 2.45) is 0 Å². The van der Waals surface area contributed by atoms with Crippen molar-refractivity contribution in [2.45, 2.75) is 26.8 Å². The van der Waals surface area contributed by atoms with Crippen LogP contribution in [0.4, 0.5) is 13.2 Å².